The SMILES string of the molecule is CCNCCN(CCNCC(=O)O)CC(=O)O. The fraction of sp³-hybridized carbons (Fsp3) is 0.800. The lowest BCUT2D eigenvalue weighted by atomic mass is 10.4. The van der Waals surface area contributed by atoms with Gasteiger partial charge in [0.2, 0.25) is 0 Å². The number of carboxylic acids is 2. The number of nitrogens with one attached hydrogen (secondary N) is 2. The average Bonchev–Trinajstić information content (AvgIpc) is 2.23. The first kappa shape index (κ1) is 15.8. The molecule has 7 heteroatoms. The quantitative estimate of drug-likeness (QED) is 0.335. The molecule has 0 rings (SSSR count). The van der Waals surface area contributed by atoms with Crippen LogP contribution in [0.1, 0.15) is 6.92 Å². The summed E-state index contributed by atoms with van der Waals surface area (Å²) in [5.74, 6) is -1.79. The van der Waals surface area contributed by atoms with Gasteiger partial charge in [-0.2, -0.15) is 0 Å². The van der Waals surface area contributed by atoms with E-state index in [1.54, 1.807) is 4.90 Å². The van der Waals surface area contributed by atoms with Gasteiger partial charge in [0.05, 0.1) is 13.1 Å². The Kier molecular flexibility index (Phi) is 9.31. The number of rotatable bonds is 11. The van der Waals surface area contributed by atoms with Crippen molar-refractivity contribution < 1.29 is 19.8 Å². The Morgan fingerprint density at radius 1 is 1.06 bits per heavy atom. The Morgan fingerprint density at radius 3 is 2.12 bits per heavy atom. The van der Waals surface area contributed by atoms with Crippen molar-refractivity contribution in [1.82, 2.24) is 15.5 Å². The molecule has 0 aliphatic heterocycles. The zero-order valence-corrected chi connectivity index (χ0v) is 10.1. The highest BCUT2D eigenvalue weighted by Gasteiger charge is 2.08. The predicted octanol–water partition coefficient (Wildman–Crippen LogP) is -1.34. The lowest BCUT2D eigenvalue weighted by molar-refractivity contribution is -0.139. The number of likely N-dealkylation sites (N-methyl/N-ethyl adjacent to an activating group) is 1. The monoisotopic (exact) mass is 247 g/mol. The smallest absolute Gasteiger partial charge is 0.317 e. The van der Waals surface area contributed by atoms with Gasteiger partial charge in [-0.15, -0.1) is 0 Å². The molecule has 0 radical (unpaired) electrons. The van der Waals surface area contributed by atoms with E-state index in [0.717, 1.165) is 13.1 Å². The first-order valence-electron chi connectivity index (χ1n) is 5.63. The zero-order valence-electron chi connectivity index (χ0n) is 10.1. The van der Waals surface area contributed by atoms with Crippen LogP contribution in [0, 0.1) is 0 Å². The van der Waals surface area contributed by atoms with Gasteiger partial charge in [0.1, 0.15) is 0 Å². The molecule has 0 unspecified atom stereocenters. The molecule has 7 nitrogen and oxygen atoms in total. The Labute approximate surface area is 101 Å². The van der Waals surface area contributed by atoms with E-state index in [0.29, 0.717) is 19.6 Å². The van der Waals surface area contributed by atoms with Crippen molar-refractivity contribution in [3.63, 3.8) is 0 Å². The van der Waals surface area contributed by atoms with Crippen molar-refractivity contribution in [2.24, 2.45) is 0 Å². The molecule has 0 spiro atoms. The minimum atomic E-state index is -0.914. The van der Waals surface area contributed by atoms with Gasteiger partial charge >= 0.3 is 11.9 Å². The van der Waals surface area contributed by atoms with Crippen molar-refractivity contribution in [3.8, 4) is 0 Å². The second-order valence-electron chi connectivity index (χ2n) is 3.59. The molecule has 0 aromatic carbocycles. The summed E-state index contributed by atoms with van der Waals surface area (Å²) in [6, 6.07) is 0. The third kappa shape index (κ3) is 11.1. The van der Waals surface area contributed by atoms with Crippen LogP contribution in [0.25, 0.3) is 0 Å². The summed E-state index contributed by atoms with van der Waals surface area (Å²) in [6.45, 7) is 5.04. The molecule has 0 saturated heterocycles. The average molecular weight is 247 g/mol. The maximum Gasteiger partial charge on any atom is 0.317 e. The maximum atomic E-state index is 10.6. The van der Waals surface area contributed by atoms with Crippen LogP contribution in [0.15, 0.2) is 0 Å². The number of carbonyl (C=O) groups is 2. The minimum Gasteiger partial charge on any atom is -0.480 e. The molecule has 0 aliphatic carbocycles. The van der Waals surface area contributed by atoms with Gasteiger partial charge in [0.25, 0.3) is 0 Å². The number of carboxylic acid groups (broad SMARTS) is 2. The van der Waals surface area contributed by atoms with Gasteiger partial charge in [-0.3, -0.25) is 14.5 Å². The molecular formula is C10H21N3O4. The number of aliphatic carboxylic acids is 2. The van der Waals surface area contributed by atoms with Crippen LogP contribution in [0.3, 0.4) is 0 Å². The number of hydrogen-bond donors (Lipinski definition) is 4. The van der Waals surface area contributed by atoms with Gasteiger partial charge in [-0.05, 0) is 6.54 Å². The van der Waals surface area contributed by atoms with Crippen molar-refractivity contribution in [2.75, 3.05) is 45.8 Å². The third-order valence-corrected chi connectivity index (χ3v) is 2.09. The summed E-state index contributed by atoms with van der Waals surface area (Å²) < 4.78 is 0. The molecule has 100 valence electrons. The van der Waals surface area contributed by atoms with Crippen LogP contribution in [0.4, 0.5) is 0 Å². The molecule has 0 atom stereocenters. The summed E-state index contributed by atoms with van der Waals surface area (Å²) in [5.41, 5.74) is 0. The van der Waals surface area contributed by atoms with Crippen molar-refractivity contribution >= 4 is 11.9 Å². The second-order valence-corrected chi connectivity index (χ2v) is 3.59. The van der Waals surface area contributed by atoms with Gasteiger partial charge < -0.3 is 20.8 Å². The van der Waals surface area contributed by atoms with E-state index in [1.807, 2.05) is 6.92 Å². The van der Waals surface area contributed by atoms with E-state index in [-0.39, 0.29) is 13.1 Å². The normalized spacial score (nSPS) is 10.7. The van der Waals surface area contributed by atoms with Crippen LogP contribution in [0.2, 0.25) is 0 Å². The molecule has 0 aromatic rings. The summed E-state index contributed by atoms with van der Waals surface area (Å²) in [5, 5.41) is 23.0. The van der Waals surface area contributed by atoms with Gasteiger partial charge in [-0.25, -0.2) is 0 Å². The van der Waals surface area contributed by atoms with Crippen molar-refractivity contribution in [1.29, 1.82) is 0 Å². The van der Waals surface area contributed by atoms with Crippen molar-refractivity contribution in [3.05, 3.63) is 0 Å². The first-order valence-corrected chi connectivity index (χ1v) is 5.63. The van der Waals surface area contributed by atoms with Crippen LogP contribution >= 0.6 is 0 Å². The van der Waals surface area contributed by atoms with E-state index in [9.17, 15) is 9.59 Å². The van der Waals surface area contributed by atoms with Gasteiger partial charge in [0, 0.05) is 26.2 Å². The Balaban J connectivity index is 3.76. The molecule has 0 fully saturated rings. The Bertz CT molecular complexity index is 236. The second kappa shape index (κ2) is 10.0. The van der Waals surface area contributed by atoms with E-state index >= 15 is 0 Å². The van der Waals surface area contributed by atoms with Crippen LogP contribution < -0.4 is 10.6 Å². The highest BCUT2D eigenvalue weighted by molar-refractivity contribution is 5.69. The van der Waals surface area contributed by atoms with Gasteiger partial charge in [-0.1, -0.05) is 6.92 Å². The molecule has 4 N–H and O–H groups in total. The van der Waals surface area contributed by atoms with Crippen LogP contribution in [-0.2, 0) is 9.59 Å². The van der Waals surface area contributed by atoms with Crippen LogP contribution in [-0.4, -0.2) is 72.9 Å². The fourth-order valence-electron chi connectivity index (χ4n) is 1.31. The lowest BCUT2D eigenvalue weighted by Crippen LogP contribution is -2.40. The van der Waals surface area contributed by atoms with Crippen molar-refractivity contribution in [2.45, 2.75) is 6.92 Å². The van der Waals surface area contributed by atoms with E-state index in [2.05, 4.69) is 10.6 Å². The van der Waals surface area contributed by atoms with E-state index in [4.69, 9.17) is 10.2 Å². The minimum absolute atomic E-state index is 0.0276. The molecule has 0 aliphatic rings. The largest absolute Gasteiger partial charge is 0.480 e. The fourth-order valence-corrected chi connectivity index (χ4v) is 1.31. The lowest BCUT2D eigenvalue weighted by Gasteiger charge is -2.20. The summed E-state index contributed by atoms with van der Waals surface area (Å²) in [6.07, 6.45) is 0. The summed E-state index contributed by atoms with van der Waals surface area (Å²) >= 11 is 0. The molecular weight excluding hydrogens is 226 g/mol. The highest BCUT2D eigenvalue weighted by atomic mass is 16.4. The van der Waals surface area contributed by atoms with E-state index in [1.165, 1.54) is 0 Å². The topological polar surface area (TPSA) is 102 Å². The molecule has 0 heterocycles. The Morgan fingerprint density at radius 2 is 1.65 bits per heavy atom. The molecule has 0 amide bonds. The maximum absolute atomic E-state index is 10.6. The Hall–Kier alpha value is -1.18. The standard InChI is InChI=1S/C10H21N3O4/c1-2-11-3-5-13(8-10(16)17)6-4-12-7-9(14)15/h11-12H,2-8H2,1H3,(H,14,15)(H,16,17). The third-order valence-electron chi connectivity index (χ3n) is 2.09. The number of hydrogen-bond acceptors (Lipinski definition) is 5. The molecule has 0 aromatic heterocycles. The first-order chi connectivity index (χ1) is 8.06. The van der Waals surface area contributed by atoms with Gasteiger partial charge in [0.15, 0.2) is 0 Å². The highest BCUT2D eigenvalue weighted by Crippen LogP contribution is 1.86. The van der Waals surface area contributed by atoms with Crippen LogP contribution in [0.5, 0.6) is 0 Å². The molecule has 0 saturated carbocycles. The molecule has 17 heavy (non-hydrogen) atoms. The van der Waals surface area contributed by atoms with E-state index < -0.39 is 11.9 Å². The number of nitrogens with zero attached hydrogens (tertiary/aromatic N) is 1. The zero-order chi connectivity index (χ0) is 13.1. The predicted molar refractivity (Wildman–Crippen MR) is 63.1 cm³/mol. The summed E-state index contributed by atoms with van der Waals surface area (Å²) in [7, 11) is 0. The summed E-state index contributed by atoms with van der Waals surface area (Å²) in [4.78, 5) is 22.6. The molecule has 0 bridgehead atoms.